The molecule has 0 fully saturated rings. The number of ether oxygens (including phenoxy) is 1. The molecule has 0 aliphatic rings. The Labute approximate surface area is 102 Å². The smallest absolute Gasteiger partial charge is 0.167 e. The number of benzene rings is 1. The predicted molar refractivity (Wildman–Crippen MR) is 66.8 cm³/mol. The van der Waals surface area contributed by atoms with Gasteiger partial charge >= 0.3 is 0 Å². The zero-order valence-electron chi connectivity index (χ0n) is 9.97. The fourth-order valence-corrected chi connectivity index (χ4v) is 1.89. The van der Waals surface area contributed by atoms with Gasteiger partial charge in [-0.05, 0) is 38.0 Å². The van der Waals surface area contributed by atoms with Crippen molar-refractivity contribution < 1.29 is 9.53 Å². The van der Waals surface area contributed by atoms with Crippen LogP contribution >= 0.6 is 11.6 Å². The highest BCUT2D eigenvalue weighted by Crippen LogP contribution is 2.26. The average Bonchev–Trinajstić information content (AvgIpc) is 2.22. The van der Waals surface area contributed by atoms with E-state index >= 15 is 0 Å². The summed E-state index contributed by atoms with van der Waals surface area (Å²) in [6, 6.07) is 3.88. The van der Waals surface area contributed by atoms with Crippen LogP contribution in [0.4, 0.5) is 0 Å². The molecule has 0 unspecified atom stereocenters. The van der Waals surface area contributed by atoms with Crippen LogP contribution in [0.2, 0.25) is 0 Å². The first-order valence-corrected chi connectivity index (χ1v) is 5.96. The van der Waals surface area contributed by atoms with Gasteiger partial charge in [0.05, 0.1) is 12.2 Å². The van der Waals surface area contributed by atoms with Gasteiger partial charge < -0.3 is 4.74 Å². The molecular formula is C13H17ClO2. The molecule has 0 heterocycles. The lowest BCUT2D eigenvalue weighted by atomic mass is 10.0. The van der Waals surface area contributed by atoms with Crippen LogP contribution in [-0.4, -0.2) is 18.3 Å². The number of hydrogen-bond acceptors (Lipinski definition) is 2. The quantitative estimate of drug-likeness (QED) is 0.582. The zero-order valence-corrected chi connectivity index (χ0v) is 10.7. The van der Waals surface area contributed by atoms with Crippen molar-refractivity contribution in [2.75, 3.05) is 12.5 Å². The molecule has 0 aliphatic carbocycles. The van der Waals surface area contributed by atoms with E-state index in [0.29, 0.717) is 30.2 Å². The van der Waals surface area contributed by atoms with Crippen LogP contribution in [0.1, 0.15) is 34.8 Å². The maximum absolute atomic E-state index is 11.9. The van der Waals surface area contributed by atoms with E-state index in [1.165, 1.54) is 0 Å². The molecule has 0 spiro atoms. The molecule has 2 nitrogen and oxygen atoms in total. The topological polar surface area (TPSA) is 26.3 Å². The number of carbonyl (C=O) groups excluding carboxylic acids is 1. The second-order valence-electron chi connectivity index (χ2n) is 3.75. The van der Waals surface area contributed by atoms with Crippen molar-refractivity contribution in [1.82, 2.24) is 0 Å². The van der Waals surface area contributed by atoms with E-state index in [9.17, 15) is 4.79 Å². The maximum atomic E-state index is 11.9. The molecule has 1 aromatic carbocycles. The summed E-state index contributed by atoms with van der Waals surface area (Å²) in [7, 11) is 0. The van der Waals surface area contributed by atoms with Crippen LogP contribution < -0.4 is 4.74 Å². The van der Waals surface area contributed by atoms with E-state index in [0.717, 1.165) is 11.1 Å². The lowest BCUT2D eigenvalue weighted by molar-refractivity contribution is 0.0985. The van der Waals surface area contributed by atoms with Crippen molar-refractivity contribution in [3.05, 3.63) is 28.8 Å². The standard InChI is InChI=1S/C13H17ClO2/c1-4-16-13-10(3)7-9(2)8-11(13)12(15)5-6-14/h7-8H,4-6H2,1-3H3. The second-order valence-corrected chi connectivity index (χ2v) is 4.13. The molecule has 0 saturated heterocycles. The molecule has 0 bridgehead atoms. The highest BCUT2D eigenvalue weighted by atomic mass is 35.5. The molecule has 88 valence electrons. The third-order valence-electron chi connectivity index (χ3n) is 2.33. The molecule has 0 atom stereocenters. The monoisotopic (exact) mass is 240 g/mol. The fourth-order valence-electron chi connectivity index (χ4n) is 1.72. The lowest BCUT2D eigenvalue weighted by Gasteiger charge is -2.13. The van der Waals surface area contributed by atoms with Crippen LogP contribution in [0.5, 0.6) is 5.75 Å². The Morgan fingerprint density at radius 3 is 2.62 bits per heavy atom. The number of Topliss-reactive ketones (excluding diaryl/α,β-unsaturated/α-hetero) is 1. The first-order valence-electron chi connectivity index (χ1n) is 5.43. The number of hydrogen-bond donors (Lipinski definition) is 0. The number of halogens is 1. The Balaban J connectivity index is 3.17. The number of ketones is 1. The summed E-state index contributed by atoms with van der Waals surface area (Å²) in [6.45, 7) is 6.40. The van der Waals surface area contributed by atoms with Crippen LogP contribution in [0, 0.1) is 13.8 Å². The third kappa shape index (κ3) is 2.99. The summed E-state index contributed by atoms with van der Waals surface area (Å²) in [6.07, 6.45) is 0.352. The molecule has 16 heavy (non-hydrogen) atoms. The molecule has 0 saturated carbocycles. The summed E-state index contributed by atoms with van der Waals surface area (Å²) < 4.78 is 5.53. The summed E-state index contributed by atoms with van der Waals surface area (Å²) in [5.41, 5.74) is 2.72. The molecule has 3 heteroatoms. The minimum absolute atomic E-state index is 0.0465. The minimum Gasteiger partial charge on any atom is -0.493 e. The largest absolute Gasteiger partial charge is 0.493 e. The summed E-state index contributed by atoms with van der Waals surface area (Å²) in [4.78, 5) is 11.9. The molecule has 0 amide bonds. The maximum Gasteiger partial charge on any atom is 0.167 e. The van der Waals surface area contributed by atoms with Gasteiger partial charge in [-0.1, -0.05) is 6.07 Å². The Bertz CT molecular complexity index is 386. The number of aryl methyl sites for hydroxylation is 2. The molecule has 1 rings (SSSR count). The number of rotatable bonds is 5. The third-order valence-corrected chi connectivity index (χ3v) is 2.52. The average molecular weight is 241 g/mol. The van der Waals surface area contributed by atoms with E-state index in [4.69, 9.17) is 16.3 Å². The van der Waals surface area contributed by atoms with Crippen molar-refractivity contribution in [3.63, 3.8) is 0 Å². The summed E-state index contributed by atoms with van der Waals surface area (Å²) in [5.74, 6) is 1.09. The minimum atomic E-state index is 0.0465. The normalized spacial score (nSPS) is 10.2. The first-order chi connectivity index (χ1) is 7.60. The Kier molecular flexibility index (Phi) is 4.81. The Hall–Kier alpha value is -1.02. The van der Waals surface area contributed by atoms with Crippen molar-refractivity contribution in [2.45, 2.75) is 27.2 Å². The van der Waals surface area contributed by atoms with E-state index in [1.807, 2.05) is 32.9 Å². The van der Waals surface area contributed by atoms with E-state index < -0.39 is 0 Å². The highest BCUT2D eigenvalue weighted by Gasteiger charge is 2.14. The van der Waals surface area contributed by atoms with Crippen LogP contribution in [0.25, 0.3) is 0 Å². The van der Waals surface area contributed by atoms with Gasteiger partial charge in [0.15, 0.2) is 5.78 Å². The first kappa shape index (κ1) is 13.0. The van der Waals surface area contributed by atoms with Gasteiger partial charge in [-0.2, -0.15) is 0 Å². The van der Waals surface area contributed by atoms with Gasteiger partial charge in [0.25, 0.3) is 0 Å². The molecule has 0 aliphatic heterocycles. The van der Waals surface area contributed by atoms with Gasteiger partial charge in [0.2, 0.25) is 0 Å². The van der Waals surface area contributed by atoms with Crippen molar-refractivity contribution >= 4 is 17.4 Å². The SMILES string of the molecule is CCOc1c(C)cc(C)cc1C(=O)CCCl. The van der Waals surface area contributed by atoms with Crippen LogP contribution in [-0.2, 0) is 0 Å². The van der Waals surface area contributed by atoms with Gasteiger partial charge in [-0.3, -0.25) is 4.79 Å². The lowest BCUT2D eigenvalue weighted by Crippen LogP contribution is -2.06. The number of carbonyl (C=O) groups is 1. The van der Waals surface area contributed by atoms with Crippen molar-refractivity contribution in [1.29, 1.82) is 0 Å². The molecule has 1 aromatic rings. The summed E-state index contributed by atoms with van der Waals surface area (Å²) in [5, 5.41) is 0. The predicted octanol–water partition coefficient (Wildman–Crippen LogP) is 3.51. The van der Waals surface area contributed by atoms with Crippen LogP contribution in [0.3, 0.4) is 0 Å². The van der Waals surface area contributed by atoms with Gasteiger partial charge in [-0.15, -0.1) is 11.6 Å². The van der Waals surface area contributed by atoms with Gasteiger partial charge in [0.1, 0.15) is 5.75 Å². The Morgan fingerprint density at radius 2 is 2.06 bits per heavy atom. The van der Waals surface area contributed by atoms with Gasteiger partial charge in [0, 0.05) is 12.3 Å². The van der Waals surface area contributed by atoms with Gasteiger partial charge in [-0.25, -0.2) is 0 Å². The van der Waals surface area contributed by atoms with E-state index in [-0.39, 0.29) is 5.78 Å². The van der Waals surface area contributed by atoms with Crippen molar-refractivity contribution in [3.8, 4) is 5.75 Å². The number of alkyl halides is 1. The molecule has 0 radical (unpaired) electrons. The summed E-state index contributed by atoms with van der Waals surface area (Å²) >= 11 is 5.59. The van der Waals surface area contributed by atoms with E-state index in [1.54, 1.807) is 0 Å². The molecular weight excluding hydrogens is 224 g/mol. The zero-order chi connectivity index (χ0) is 12.1. The highest BCUT2D eigenvalue weighted by molar-refractivity contribution is 6.19. The van der Waals surface area contributed by atoms with Crippen molar-refractivity contribution in [2.24, 2.45) is 0 Å². The fraction of sp³-hybridized carbons (Fsp3) is 0.462. The molecule has 0 N–H and O–H groups in total. The Morgan fingerprint density at radius 1 is 1.38 bits per heavy atom. The molecule has 0 aromatic heterocycles. The van der Waals surface area contributed by atoms with E-state index in [2.05, 4.69) is 0 Å². The van der Waals surface area contributed by atoms with Crippen LogP contribution in [0.15, 0.2) is 12.1 Å². The second kappa shape index (κ2) is 5.90.